The number of amides is 2. The summed E-state index contributed by atoms with van der Waals surface area (Å²) in [6.45, 7) is 4.09. The summed E-state index contributed by atoms with van der Waals surface area (Å²) in [7, 11) is 0. The largest absolute Gasteiger partial charge is 0.463 e. The second-order valence-electron chi connectivity index (χ2n) is 16.8. The fourth-order valence-electron chi connectivity index (χ4n) is 8.55. The van der Waals surface area contributed by atoms with E-state index >= 15 is 0 Å². The van der Waals surface area contributed by atoms with Crippen LogP contribution >= 0.6 is 0 Å². The lowest BCUT2D eigenvalue weighted by molar-refractivity contribution is -0.349. The number of fused-ring (bicyclic) bond motifs is 3. The Kier molecular flexibility index (Phi) is 18.4. The van der Waals surface area contributed by atoms with Crippen molar-refractivity contribution in [3.05, 3.63) is 95.6 Å². The molecule has 0 saturated carbocycles. The molecule has 0 unspecified atom stereocenters. The van der Waals surface area contributed by atoms with Crippen molar-refractivity contribution in [3.8, 4) is 11.1 Å². The summed E-state index contributed by atoms with van der Waals surface area (Å²) >= 11 is 0. The van der Waals surface area contributed by atoms with Crippen molar-refractivity contribution in [2.45, 2.75) is 121 Å². The summed E-state index contributed by atoms with van der Waals surface area (Å²) in [5.74, 6) is -6.45. The van der Waals surface area contributed by atoms with Gasteiger partial charge in [0.05, 0.1) is 12.7 Å². The minimum atomic E-state index is -1.90. The number of carbonyl (C=O) groups excluding carboxylic acids is 8. The molecule has 71 heavy (non-hydrogen) atoms. The normalized spacial score (nSPS) is 25.4. The third-order valence-corrected chi connectivity index (χ3v) is 11.6. The number of ketones is 1. The Labute approximate surface area is 407 Å². The Morgan fingerprint density at radius 2 is 1.20 bits per heavy atom. The number of esters is 5. The maximum atomic E-state index is 14.0. The summed E-state index contributed by atoms with van der Waals surface area (Å²) in [6, 6.07) is 19.8. The maximum absolute atomic E-state index is 14.0. The molecule has 0 spiro atoms. The summed E-state index contributed by atoms with van der Waals surface area (Å²) in [6.07, 6.45) is -18.0. The van der Waals surface area contributed by atoms with Gasteiger partial charge in [0.1, 0.15) is 43.7 Å². The number of ether oxygens (including phenoxy) is 10. The summed E-state index contributed by atoms with van der Waals surface area (Å²) in [5, 5.41) is 27.2. The Morgan fingerprint density at radius 1 is 0.634 bits per heavy atom. The van der Waals surface area contributed by atoms with Crippen molar-refractivity contribution in [1.29, 1.82) is 0 Å². The molecule has 0 radical (unpaired) electrons. The van der Waals surface area contributed by atoms with Crippen molar-refractivity contribution in [2.24, 2.45) is 0 Å². The number of alkyl carbamates (subject to hydrolysis) is 1. The van der Waals surface area contributed by atoms with E-state index in [4.69, 9.17) is 47.4 Å². The standard InChI is InChI=1S/C49H56N2O20/c1-24(39(46(60)63-22-36(58)30-14-8-7-9-15-30)51-49(61)64-21-35-33-18-12-10-16-31(33)32-17-11-13-19-34(32)35)65-47-40(50-25(2)53)43(41(59)37(20-52)69-47)71-48-45(68-29(6)57)44(67-28(5)56)42(66-27(4)55)38(70-48)23-62-26(3)54/h7-19,24,35,37-45,47-48,52,59H,20-23H2,1-6H3,(H,50,53)(H,51,61)/t24-,37-,38-,39+,40-,41+,42+,43-,44+,45-,47+,48+/m1/s1. The molecule has 2 saturated heterocycles. The van der Waals surface area contributed by atoms with Gasteiger partial charge >= 0.3 is 35.9 Å². The van der Waals surface area contributed by atoms with Crippen LogP contribution in [0.2, 0.25) is 0 Å². The molecule has 2 heterocycles. The maximum Gasteiger partial charge on any atom is 0.407 e. The number of carbonyl (C=O) groups is 8. The number of nitrogens with one attached hydrogen (secondary N) is 2. The lowest BCUT2D eigenvalue weighted by atomic mass is 9.95. The van der Waals surface area contributed by atoms with Gasteiger partial charge in [0.15, 0.2) is 49.3 Å². The zero-order valence-electron chi connectivity index (χ0n) is 39.6. The Bertz CT molecular complexity index is 2370. The van der Waals surface area contributed by atoms with Crippen molar-refractivity contribution in [3.63, 3.8) is 0 Å². The number of aliphatic hydroxyl groups excluding tert-OH is 2. The van der Waals surface area contributed by atoms with Gasteiger partial charge in [0.2, 0.25) is 5.91 Å². The zero-order chi connectivity index (χ0) is 51.5. The summed E-state index contributed by atoms with van der Waals surface area (Å²) in [4.78, 5) is 103. The van der Waals surface area contributed by atoms with Crippen LogP contribution < -0.4 is 10.6 Å². The van der Waals surface area contributed by atoms with Crippen LogP contribution in [-0.4, -0.2) is 158 Å². The first-order chi connectivity index (χ1) is 33.9. The van der Waals surface area contributed by atoms with E-state index in [1.54, 1.807) is 18.2 Å². The highest BCUT2D eigenvalue weighted by Gasteiger charge is 2.56. The monoisotopic (exact) mass is 992 g/mol. The molecule has 3 aromatic carbocycles. The SMILES string of the molecule is CC(=O)N[C@H]1[C@@H](O[C@H](C)[C@H](NC(=O)OCC2c3ccccc3-c3ccccc32)C(=O)OCC(=O)c2ccccc2)O[C@H](CO)[C@H](O)[C@@H]1O[C@@H]1O[C@H](COC(C)=O)[C@H](OC(C)=O)[C@H](OC(C)=O)[C@H]1OC(C)=O. The Hall–Kier alpha value is -6.82. The molecule has 22 nitrogen and oxygen atoms in total. The molecule has 2 amide bonds. The molecule has 382 valence electrons. The first kappa shape index (κ1) is 53.5. The lowest BCUT2D eigenvalue weighted by Gasteiger charge is -2.49. The van der Waals surface area contributed by atoms with Gasteiger partial charge in [0.25, 0.3) is 0 Å². The summed E-state index contributed by atoms with van der Waals surface area (Å²) < 4.78 is 57.4. The van der Waals surface area contributed by atoms with Crippen molar-refractivity contribution >= 4 is 47.6 Å². The van der Waals surface area contributed by atoms with Crippen LogP contribution in [0.15, 0.2) is 78.9 Å². The van der Waals surface area contributed by atoms with Crippen molar-refractivity contribution < 1.29 is 95.9 Å². The number of benzene rings is 3. The first-order valence-electron chi connectivity index (χ1n) is 22.6. The number of aliphatic hydroxyl groups is 2. The van der Waals surface area contributed by atoms with E-state index in [-0.39, 0.29) is 18.1 Å². The molecular weight excluding hydrogens is 937 g/mol. The third kappa shape index (κ3) is 13.5. The topological polar surface area (TPSA) is 293 Å². The Balaban J connectivity index is 1.29. The zero-order valence-corrected chi connectivity index (χ0v) is 39.6. The molecule has 22 heteroatoms. The third-order valence-electron chi connectivity index (χ3n) is 11.6. The second-order valence-corrected chi connectivity index (χ2v) is 16.8. The van der Waals surface area contributed by atoms with Gasteiger partial charge in [-0.25, -0.2) is 9.59 Å². The fourth-order valence-corrected chi connectivity index (χ4v) is 8.55. The van der Waals surface area contributed by atoms with E-state index in [1.807, 2.05) is 48.5 Å². The molecule has 3 aromatic rings. The number of Topliss-reactive ketones (excluding diaryl/α,β-unsaturated/α-hetero) is 1. The van der Waals surface area contributed by atoms with Gasteiger partial charge in [0, 0.05) is 46.1 Å². The average Bonchev–Trinajstić information content (AvgIpc) is 3.65. The van der Waals surface area contributed by atoms with E-state index < -0.39 is 141 Å². The van der Waals surface area contributed by atoms with Crippen LogP contribution in [0, 0.1) is 0 Å². The van der Waals surface area contributed by atoms with E-state index in [0.29, 0.717) is 0 Å². The molecule has 1 aliphatic carbocycles. The molecule has 6 rings (SSSR count). The summed E-state index contributed by atoms with van der Waals surface area (Å²) in [5.41, 5.74) is 3.98. The van der Waals surface area contributed by atoms with Gasteiger partial charge in [-0.3, -0.25) is 28.8 Å². The average molecular weight is 993 g/mol. The molecular formula is C49H56N2O20. The molecule has 0 aromatic heterocycles. The fraction of sp³-hybridized carbons (Fsp3) is 0.469. The predicted octanol–water partition coefficient (Wildman–Crippen LogP) is 1.78. The van der Waals surface area contributed by atoms with Gasteiger partial charge in [-0.1, -0.05) is 78.9 Å². The smallest absolute Gasteiger partial charge is 0.407 e. The van der Waals surface area contributed by atoms with Crippen LogP contribution in [0.3, 0.4) is 0 Å². The van der Waals surface area contributed by atoms with Gasteiger partial charge in [-0.05, 0) is 29.2 Å². The minimum absolute atomic E-state index is 0.159. The highest BCUT2D eigenvalue weighted by Crippen LogP contribution is 2.44. The number of hydrogen-bond acceptors (Lipinski definition) is 20. The lowest BCUT2D eigenvalue weighted by Crippen LogP contribution is -2.69. The Morgan fingerprint density at radius 3 is 1.77 bits per heavy atom. The van der Waals surface area contributed by atoms with E-state index in [1.165, 1.54) is 19.1 Å². The second kappa shape index (κ2) is 24.3. The van der Waals surface area contributed by atoms with Gasteiger partial charge in [-0.2, -0.15) is 0 Å². The number of rotatable bonds is 19. The van der Waals surface area contributed by atoms with Gasteiger partial charge in [-0.15, -0.1) is 0 Å². The van der Waals surface area contributed by atoms with Crippen molar-refractivity contribution in [2.75, 3.05) is 26.4 Å². The van der Waals surface area contributed by atoms with E-state index in [9.17, 15) is 48.6 Å². The number of hydrogen-bond donors (Lipinski definition) is 4. The van der Waals surface area contributed by atoms with Crippen LogP contribution in [0.25, 0.3) is 11.1 Å². The van der Waals surface area contributed by atoms with Crippen LogP contribution in [0.4, 0.5) is 4.79 Å². The van der Waals surface area contributed by atoms with Crippen molar-refractivity contribution in [1.82, 2.24) is 10.6 Å². The molecule has 12 atom stereocenters. The van der Waals surface area contributed by atoms with Crippen LogP contribution in [0.5, 0.6) is 0 Å². The first-order valence-corrected chi connectivity index (χ1v) is 22.6. The molecule has 2 fully saturated rings. The minimum Gasteiger partial charge on any atom is -0.463 e. The van der Waals surface area contributed by atoms with Crippen LogP contribution in [0.1, 0.15) is 68.9 Å². The highest BCUT2D eigenvalue weighted by atomic mass is 16.8. The highest BCUT2D eigenvalue weighted by molar-refractivity contribution is 5.98. The predicted molar refractivity (Wildman–Crippen MR) is 240 cm³/mol. The van der Waals surface area contributed by atoms with E-state index in [2.05, 4.69) is 10.6 Å². The van der Waals surface area contributed by atoms with Gasteiger partial charge < -0.3 is 68.2 Å². The van der Waals surface area contributed by atoms with E-state index in [0.717, 1.165) is 56.9 Å². The molecule has 4 N–H and O–H groups in total. The quantitative estimate of drug-likeness (QED) is 0.0756. The molecule has 2 aliphatic heterocycles. The van der Waals surface area contributed by atoms with Crippen LogP contribution in [-0.2, 0) is 76.1 Å². The molecule has 0 bridgehead atoms. The molecule has 3 aliphatic rings.